The molecule has 1 amide bonds. The van der Waals surface area contributed by atoms with Gasteiger partial charge in [-0.05, 0) is 55.7 Å². The summed E-state index contributed by atoms with van der Waals surface area (Å²) in [4.78, 5) is 23.7. The lowest BCUT2D eigenvalue weighted by Crippen LogP contribution is -2.14. The number of rotatable bonds is 8. The summed E-state index contributed by atoms with van der Waals surface area (Å²) in [5.74, 6) is 1.02. The number of aryl methyl sites for hydroxylation is 3. The van der Waals surface area contributed by atoms with E-state index in [1.165, 1.54) is 22.9 Å². The highest BCUT2D eigenvalue weighted by molar-refractivity contribution is 6.03. The zero-order valence-electron chi connectivity index (χ0n) is 19.5. The first kappa shape index (κ1) is 23.5. The van der Waals surface area contributed by atoms with Crippen molar-refractivity contribution in [2.45, 2.75) is 27.5 Å². The molecular formula is C26H24N4O5. The Labute approximate surface area is 202 Å². The molecule has 35 heavy (non-hydrogen) atoms. The number of non-ortho nitro benzene ring substituents is 1. The number of hydrogen-bond acceptors (Lipinski definition) is 6. The largest absolute Gasteiger partial charge is 0.471 e. The summed E-state index contributed by atoms with van der Waals surface area (Å²) < 4.78 is 13.1. The summed E-state index contributed by atoms with van der Waals surface area (Å²) in [6.07, 6.45) is 1.63. The molecule has 0 aliphatic heterocycles. The molecule has 4 aromatic rings. The summed E-state index contributed by atoms with van der Waals surface area (Å²) in [5.41, 5.74) is 3.09. The van der Waals surface area contributed by atoms with Crippen molar-refractivity contribution in [1.82, 2.24) is 9.78 Å². The SMILES string of the molecule is Cc1ccc(C)c(OCn2ccc(C(=O)Nc3cc(Oc4ccccc4C)cc([N+](=O)[O-])c3)n2)c1. The smallest absolute Gasteiger partial charge is 0.276 e. The molecule has 0 unspecified atom stereocenters. The van der Waals surface area contributed by atoms with E-state index in [1.54, 1.807) is 18.3 Å². The summed E-state index contributed by atoms with van der Waals surface area (Å²) >= 11 is 0. The predicted molar refractivity (Wildman–Crippen MR) is 131 cm³/mol. The summed E-state index contributed by atoms with van der Waals surface area (Å²) in [6, 6.07) is 18.9. The number of benzene rings is 3. The van der Waals surface area contributed by atoms with Crippen molar-refractivity contribution in [3.8, 4) is 17.2 Å². The molecule has 0 fully saturated rings. The number of aromatic nitrogens is 2. The second kappa shape index (κ2) is 10.1. The Bertz CT molecular complexity index is 1400. The van der Waals surface area contributed by atoms with E-state index in [1.807, 2.05) is 57.2 Å². The summed E-state index contributed by atoms with van der Waals surface area (Å²) in [6.45, 7) is 5.93. The van der Waals surface area contributed by atoms with Crippen LogP contribution in [0.3, 0.4) is 0 Å². The number of carbonyl (C=O) groups excluding carboxylic acids is 1. The van der Waals surface area contributed by atoms with Crippen molar-refractivity contribution in [3.05, 3.63) is 105 Å². The molecule has 0 aliphatic carbocycles. The van der Waals surface area contributed by atoms with Crippen LogP contribution in [0.4, 0.5) is 11.4 Å². The van der Waals surface area contributed by atoms with Crippen LogP contribution in [0.2, 0.25) is 0 Å². The van der Waals surface area contributed by atoms with Crippen LogP contribution in [0.5, 0.6) is 17.2 Å². The normalized spacial score (nSPS) is 10.6. The molecule has 1 heterocycles. The molecule has 1 aromatic heterocycles. The van der Waals surface area contributed by atoms with Crippen molar-refractivity contribution in [2.75, 3.05) is 5.32 Å². The van der Waals surface area contributed by atoms with Gasteiger partial charge < -0.3 is 14.8 Å². The fraction of sp³-hybridized carbons (Fsp3) is 0.154. The van der Waals surface area contributed by atoms with Gasteiger partial charge in [-0.25, -0.2) is 4.68 Å². The molecular weight excluding hydrogens is 448 g/mol. The highest BCUT2D eigenvalue weighted by Crippen LogP contribution is 2.31. The van der Waals surface area contributed by atoms with Crippen molar-refractivity contribution in [2.24, 2.45) is 0 Å². The third kappa shape index (κ3) is 5.83. The van der Waals surface area contributed by atoms with Gasteiger partial charge in [0.1, 0.15) is 17.2 Å². The van der Waals surface area contributed by atoms with Crippen LogP contribution in [0.1, 0.15) is 27.2 Å². The Kier molecular flexibility index (Phi) is 6.77. The standard InChI is InChI=1S/C26H24N4O5/c1-17-8-9-19(3)25(12-17)34-16-29-11-10-23(28-29)26(31)27-20-13-21(30(32)33)15-22(14-20)35-24-7-5-4-6-18(24)2/h4-15H,16H2,1-3H3,(H,27,31). The highest BCUT2D eigenvalue weighted by Gasteiger charge is 2.16. The Morgan fingerprint density at radius 3 is 2.54 bits per heavy atom. The monoisotopic (exact) mass is 472 g/mol. The molecule has 1 N–H and O–H groups in total. The quantitative estimate of drug-likeness (QED) is 0.257. The van der Waals surface area contributed by atoms with Gasteiger partial charge in [-0.15, -0.1) is 0 Å². The van der Waals surface area contributed by atoms with Gasteiger partial charge in [-0.1, -0.05) is 30.3 Å². The van der Waals surface area contributed by atoms with E-state index in [-0.39, 0.29) is 29.5 Å². The summed E-state index contributed by atoms with van der Waals surface area (Å²) in [7, 11) is 0. The Hall–Kier alpha value is -4.66. The molecule has 0 saturated carbocycles. The number of para-hydroxylation sites is 1. The molecule has 0 saturated heterocycles. The first-order valence-corrected chi connectivity index (χ1v) is 10.9. The van der Waals surface area contributed by atoms with Crippen LogP contribution in [0, 0.1) is 30.9 Å². The van der Waals surface area contributed by atoms with E-state index in [4.69, 9.17) is 9.47 Å². The van der Waals surface area contributed by atoms with Crippen LogP contribution >= 0.6 is 0 Å². The summed E-state index contributed by atoms with van der Waals surface area (Å²) in [5, 5.41) is 18.3. The minimum Gasteiger partial charge on any atom is -0.471 e. The van der Waals surface area contributed by atoms with Crippen molar-refractivity contribution in [1.29, 1.82) is 0 Å². The first-order chi connectivity index (χ1) is 16.8. The van der Waals surface area contributed by atoms with Crippen molar-refractivity contribution in [3.63, 3.8) is 0 Å². The molecule has 0 bridgehead atoms. The second-order valence-corrected chi connectivity index (χ2v) is 8.08. The van der Waals surface area contributed by atoms with Crippen molar-refractivity contribution < 1.29 is 19.2 Å². The van der Waals surface area contributed by atoms with E-state index >= 15 is 0 Å². The van der Waals surface area contributed by atoms with Crippen molar-refractivity contribution >= 4 is 17.3 Å². The van der Waals surface area contributed by atoms with Crippen LogP contribution in [-0.4, -0.2) is 20.6 Å². The molecule has 0 aliphatic rings. The molecule has 0 spiro atoms. The average molecular weight is 473 g/mol. The first-order valence-electron chi connectivity index (χ1n) is 10.9. The number of anilines is 1. The van der Waals surface area contributed by atoms with Gasteiger partial charge in [-0.2, -0.15) is 5.10 Å². The molecule has 0 radical (unpaired) electrons. The molecule has 3 aromatic carbocycles. The van der Waals surface area contributed by atoms with Gasteiger partial charge in [0.15, 0.2) is 12.4 Å². The van der Waals surface area contributed by atoms with Gasteiger partial charge in [0.2, 0.25) is 0 Å². The molecule has 178 valence electrons. The number of nitro groups is 1. The second-order valence-electron chi connectivity index (χ2n) is 8.08. The average Bonchev–Trinajstić information content (AvgIpc) is 3.30. The maximum Gasteiger partial charge on any atom is 0.276 e. The zero-order chi connectivity index (χ0) is 24.9. The lowest BCUT2D eigenvalue weighted by molar-refractivity contribution is -0.384. The number of carbonyl (C=O) groups is 1. The van der Waals surface area contributed by atoms with Gasteiger partial charge in [0.05, 0.1) is 16.7 Å². The lowest BCUT2D eigenvalue weighted by atomic mass is 10.1. The molecule has 4 rings (SSSR count). The molecule has 9 nitrogen and oxygen atoms in total. The fourth-order valence-electron chi connectivity index (χ4n) is 3.37. The van der Waals surface area contributed by atoms with E-state index in [9.17, 15) is 14.9 Å². The van der Waals surface area contributed by atoms with Crippen LogP contribution in [0.15, 0.2) is 72.9 Å². The molecule has 9 heteroatoms. The number of ether oxygens (including phenoxy) is 2. The van der Waals surface area contributed by atoms with Gasteiger partial charge >= 0.3 is 0 Å². The van der Waals surface area contributed by atoms with Gasteiger partial charge in [0, 0.05) is 18.3 Å². The Balaban J connectivity index is 1.48. The van der Waals surface area contributed by atoms with E-state index in [2.05, 4.69) is 10.4 Å². The molecule has 0 atom stereocenters. The topological polar surface area (TPSA) is 109 Å². The third-order valence-electron chi connectivity index (χ3n) is 5.25. The fourth-order valence-corrected chi connectivity index (χ4v) is 3.37. The highest BCUT2D eigenvalue weighted by atomic mass is 16.6. The number of nitrogens with zero attached hydrogens (tertiary/aromatic N) is 3. The van der Waals surface area contributed by atoms with Gasteiger partial charge in [-0.3, -0.25) is 14.9 Å². The number of amides is 1. The predicted octanol–water partition coefficient (Wildman–Crippen LogP) is 5.80. The maximum absolute atomic E-state index is 12.8. The van der Waals surface area contributed by atoms with Gasteiger partial charge in [0.25, 0.3) is 11.6 Å². The van der Waals surface area contributed by atoms with Crippen LogP contribution in [-0.2, 0) is 6.73 Å². The van der Waals surface area contributed by atoms with Crippen LogP contribution in [0.25, 0.3) is 0 Å². The minimum atomic E-state index is -0.542. The Morgan fingerprint density at radius 1 is 1.00 bits per heavy atom. The van der Waals surface area contributed by atoms with Crippen LogP contribution < -0.4 is 14.8 Å². The number of hydrogen-bond donors (Lipinski definition) is 1. The number of nitrogens with one attached hydrogen (secondary N) is 1. The number of nitro benzene ring substituents is 1. The minimum absolute atomic E-state index is 0.128. The van der Waals surface area contributed by atoms with E-state index in [0.717, 1.165) is 22.4 Å². The third-order valence-corrected chi connectivity index (χ3v) is 5.25. The maximum atomic E-state index is 12.8. The van der Waals surface area contributed by atoms with E-state index < -0.39 is 10.8 Å². The lowest BCUT2D eigenvalue weighted by Gasteiger charge is -2.11. The Morgan fingerprint density at radius 2 is 1.77 bits per heavy atom. The zero-order valence-corrected chi connectivity index (χ0v) is 19.5. The van der Waals surface area contributed by atoms with E-state index in [0.29, 0.717) is 5.75 Å².